The van der Waals surface area contributed by atoms with E-state index in [0.29, 0.717) is 0 Å². The number of amides is 1. The molecular weight excluding hydrogens is 280 g/mol. The van der Waals surface area contributed by atoms with Crippen LogP contribution in [-0.4, -0.2) is 33.9 Å². The summed E-state index contributed by atoms with van der Waals surface area (Å²) in [6.45, 7) is 8.40. The Labute approximate surface area is 132 Å². The van der Waals surface area contributed by atoms with E-state index in [0.717, 1.165) is 23.5 Å². The van der Waals surface area contributed by atoms with E-state index >= 15 is 0 Å². The van der Waals surface area contributed by atoms with E-state index in [2.05, 4.69) is 38.2 Å². The van der Waals surface area contributed by atoms with Crippen LogP contribution >= 0.6 is 11.8 Å². The van der Waals surface area contributed by atoms with Gasteiger partial charge in [-0.1, -0.05) is 44.2 Å². The number of benzene rings is 1. The molecule has 0 aromatic heterocycles. The zero-order valence-corrected chi connectivity index (χ0v) is 14.2. The zero-order chi connectivity index (χ0) is 15.5. The van der Waals surface area contributed by atoms with Gasteiger partial charge in [-0.05, 0) is 31.6 Å². The Morgan fingerprint density at radius 2 is 2.00 bits per heavy atom. The Bertz CT molecular complexity index is 479. The third kappa shape index (κ3) is 3.27. The second kappa shape index (κ2) is 6.84. The molecule has 1 aromatic carbocycles. The summed E-state index contributed by atoms with van der Waals surface area (Å²) >= 11 is 1.89. The topological polar surface area (TPSA) is 32.3 Å². The molecule has 1 aliphatic rings. The summed E-state index contributed by atoms with van der Waals surface area (Å²) in [5.74, 6) is 2.29. The van der Waals surface area contributed by atoms with E-state index in [1.54, 1.807) is 0 Å². The third-order valence-corrected chi connectivity index (χ3v) is 5.43. The minimum atomic E-state index is -0.453. The maximum Gasteiger partial charge on any atom is 0.244 e. The maximum atomic E-state index is 12.9. The van der Waals surface area contributed by atoms with Gasteiger partial charge in [-0.3, -0.25) is 10.1 Å². The predicted octanol–water partition coefficient (Wildman–Crippen LogP) is 3.43. The van der Waals surface area contributed by atoms with Gasteiger partial charge in [-0.15, -0.1) is 0 Å². The highest BCUT2D eigenvalue weighted by atomic mass is 32.2. The van der Waals surface area contributed by atoms with Crippen molar-refractivity contribution in [3.8, 4) is 0 Å². The number of thioether (sulfide) groups is 1. The van der Waals surface area contributed by atoms with E-state index in [-0.39, 0.29) is 18.1 Å². The highest BCUT2D eigenvalue weighted by molar-refractivity contribution is 7.99. The number of hydrogen-bond donors (Lipinski definition) is 1. The lowest BCUT2D eigenvalue weighted by molar-refractivity contribution is -0.134. The van der Waals surface area contributed by atoms with Crippen molar-refractivity contribution in [1.82, 2.24) is 10.2 Å². The van der Waals surface area contributed by atoms with Gasteiger partial charge in [0.2, 0.25) is 5.91 Å². The van der Waals surface area contributed by atoms with E-state index in [9.17, 15) is 4.79 Å². The molecule has 1 aliphatic heterocycles. The number of rotatable bonds is 6. The Morgan fingerprint density at radius 3 is 2.57 bits per heavy atom. The minimum Gasteiger partial charge on any atom is -0.318 e. The quantitative estimate of drug-likeness (QED) is 0.874. The summed E-state index contributed by atoms with van der Waals surface area (Å²) in [6, 6.07) is 10.5. The van der Waals surface area contributed by atoms with Crippen LogP contribution in [0.4, 0.5) is 0 Å². The molecule has 0 saturated carbocycles. The molecule has 0 radical (unpaired) electrons. The zero-order valence-electron chi connectivity index (χ0n) is 13.4. The van der Waals surface area contributed by atoms with Crippen LogP contribution in [0.3, 0.4) is 0 Å². The SMILES string of the molecule is CCSCC(C)N1C(=O)C(C)(CC)NC1c1ccccc1. The Morgan fingerprint density at radius 1 is 1.33 bits per heavy atom. The lowest BCUT2D eigenvalue weighted by atomic mass is 9.99. The number of nitrogens with zero attached hydrogens (tertiary/aromatic N) is 1. The molecule has 3 unspecified atom stereocenters. The van der Waals surface area contributed by atoms with Crippen molar-refractivity contribution < 1.29 is 4.79 Å². The smallest absolute Gasteiger partial charge is 0.244 e. The largest absolute Gasteiger partial charge is 0.318 e. The van der Waals surface area contributed by atoms with Crippen molar-refractivity contribution in [3.63, 3.8) is 0 Å². The van der Waals surface area contributed by atoms with Gasteiger partial charge in [0.1, 0.15) is 6.17 Å². The van der Waals surface area contributed by atoms with Gasteiger partial charge in [-0.2, -0.15) is 11.8 Å². The van der Waals surface area contributed by atoms with Gasteiger partial charge in [0.15, 0.2) is 0 Å². The van der Waals surface area contributed by atoms with Gasteiger partial charge >= 0.3 is 0 Å². The van der Waals surface area contributed by atoms with Crippen LogP contribution in [0, 0.1) is 0 Å². The number of hydrogen-bond acceptors (Lipinski definition) is 3. The second-order valence-electron chi connectivity index (χ2n) is 5.86. The number of carbonyl (C=O) groups is 1. The fourth-order valence-corrected chi connectivity index (χ4v) is 3.53. The first-order valence-electron chi connectivity index (χ1n) is 7.76. The highest BCUT2D eigenvalue weighted by Gasteiger charge is 2.48. The molecule has 1 saturated heterocycles. The van der Waals surface area contributed by atoms with Crippen molar-refractivity contribution in [2.24, 2.45) is 0 Å². The van der Waals surface area contributed by atoms with Gasteiger partial charge in [-0.25, -0.2) is 0 Å². The van der Waals surface area contributed by atoms with Crippen molar-refractivity contribution in [3.05, 3.63) is 35.9 Å². The maximum absolute atomic E-state index is 12.9. The summed E-state index contributed by atoms with van der Waals surface area (Å²) < 4.78 is 0. The van der Waals surface area contributed by atoms with Gasteiger partial charge in [0.25, 0.3) is 0 Å². The van der Waals surface area contributed by atoms with Crippen LogP contribution in [0.25, 0.3) is 0 Å². The average Bonchev–Trinajstić information content (AvgIpc) is 2.78. The van der Waals surface area contributed by atoms with E-state index in [4.69, 9.17) is 0 Å². The first kappa shape index (κ1) is 16.4. The van der Waals surface area contributed by atoms with Gasteiger partial charge in [0, 0.05) is 11.8 Å². The van der Waals surface area contributed by atoms with E-state index in [1.165, 1.54) is 0 Å². The summed E-state index contributed by atoms with van der Waals surface area (Å²) in [4.78, 5) is 14.9. The highest BCUT2D eigenvalue weighted by Crippen LogP contribution is 2.34. The van der Waals surface area contributed by atoms with Crippen LogP contribution in [-0.2, 0) is 4.79 Å². The van der Waals surface area contributed by atoms with Gasteiger partial charge < -0.3 is 4.90 Å². The summed E-state index contributed by atoms with van der Waals surface area (Å²) in [6.07, 6.45) is 0.787. The predicted molar refractivity (Wildman–Crippen MR) is 90.3 cm³/mol. The standard InChI is InChI=1S/C17H26N2OS/c1-5-17(4)16(20)19(13(3)12-21-6-2)15(18-17)14-10-8-7-9-11-14/h7-11,13,15,18H,5-6,12H2,1-4H3. The normalized spacial score (nSPS) is 27.1. The van der Waals surface area contributed by atoms with Crippen molar-refractivity contribution in [1.29, 1.82) is 0 Å². The molecule has 0 aliphatic carbocycles. The van der Waals surface area contributed by atoms with Crippen molar-refractivity contribution in [2.75, 3.05) is 11.5 Å². The molecule has 1 amide bonds. The molecule has 1 heterocycles. The number of carbonyl (C=O) groups excluding carboxylic acids is 1. The van der Waals surface area contributed by atoms with E-state index < -0.39 is 5.54 Å². The minimum absolute atomic E-state index is 0.0175. The Hall–Kier alpha value is -1.00. The van der Waals surface area contributed by atoms with Gasteiger partial charge in [0.05, 0.1) is 5.54 Å². The van der Waals surface area contributed by atoms with Crippen molar-refractivity contribution >= 4 is 17.7 Å². The molecule has 3 nitrogen and oxygen atoms in total. The van der Waals surface area contributed by atoms with E-state index in [1.807, 2.05) is 41.8 Å². The average molecular weight is 306 g/mol. The number of nitrogens with one attached hydrogen (secondary N) is 1. The molecule has 0 spiro atoms. The van der Waals surface area contributed by atoms with Crippen molar-refractivity contribution in [2.45, 2.75) is 51.9 Å². The summed E-state index contributed by atoms with van der Waals surface area (Å²) in [5.41, 5.74) is 0.711. The summed E-state index contributed by atoms with van der Waals surface area (Å²) in [5, 5.41) is 3.56. The second-order valence-corrected chi connectivity index (χ2v) is 7.18. The first-order valence-corrected chi connectivity index (χ1v) is 8.92. The summed E-state index contributed by atoms with van der Waals surface area (Å²) in [7, 11) is 0. The molecule has 1 aromatic rings. The van der Waals surface area contributed by atoms with Crippen LogP contribution in [0.15, 0.2) is 30.3 Å². The Balaban J connectivity index is 2.30. The monoisotopic (exact) mass is 306 g/mol. The van der Waals surface area contributed by atoms with Crippen LogP contribution in [0.2, 0.25) is 0 Å². The van der Waals surface area contributed by atoms with Crippen LogP contribution in [0.1, 0.15) is 45.8 Å². The molecule has 0 bridgehead atoms. The Kier molecular flexibility index (Phi) is 5.33. The molecule has 1 fully saturated rings. The molecule has 21 heavy (non-hydrogen) atoms. The molecule has 3 atom stereocenters. The fourth-order valence-electron chi connectivity index (χ4n) is 2.79. The molecule has 4 heteroatoms. The molecule has 1 N–H and O–H groups in total. The molecule has 2 rings (SSSR count). The lowest BCUT2D eigenvalue weighted by Gasteiger charge is -2.30. The lowest BCUT2D eigenvalue weighted by Crippen LogP contribution is -2.44. The van der Waals surface area contributed by atoms with Crippen LogP contribution < -0.4 is 5.32 Å². The molecular formula is C17H26N2OS. The van der Waals surface area contributed by atoms with Crippen LogP contribution in [0.5, 0.6) is 0 Å². The third-order valence-electron chi connectivity index (χ3n) is 4.30. The fraction of sp³-hybridized carbons (Fsp3) is 0.588. The first-order chi connectivity index (χ1) is 10.0. The molecule has 116 valence electrons.